The van der Waals surface area contributed by atoms with E-state index in [4.69, 9.17) is 9.47 Å². The van der Waals surface area contributed by atoms with Gasteiger partial charge < -0.3 is 20.1 Å². The summed E-state index contributed by atoms with van der Waals surface area (Å²) in [7, 11) is 4.39. The van der Waals surface area contributed by atoms with Crippen molar-refractivity contribution in [3.8, 4) is 0 Å². The zero-order valence-electron chi connectivity index (χ0n) is 11.6. The van der Waals surface area contributed by atoms with E-state index in [1.165, 1.54) is 21.3 Å². The smallest absolute Gasteiger partial charge is 0.251 e. The Kier molecular flexibility index (Phi) is 6.33. The van der Waals surface area contributed by atoms with Gasteiger partial charge in [-0.05, 0) is 12.1 Å². The predicted octanol–water partition coefficient (Wildman–Crippen LogP) is 1.40. The lowest BCUT2D eigenvalue weighted by Gasteiger charge is -2.15. The van der Waals surface area contributed by atoms with Gasteiger partial charge in [0.1, 0.15) is 17.3 Å². The number of amides is 1. The highest BCUT2D eigenvalue weighted by Gasteiger charge is 2.15. The molecular formula is C13H18F2N2O3. The zero-order chi connectivity index (χ0) is 15.1. The molecule has 1 rings (SSSR count). The maximum Gasteiger partial charge on any atom is 0.251 e. The lowest BCUT2D eigenvalue weighted by atomic mass is 10.1. The van der Waals surface area contributed by atoms with Gasteiger partial charge in [0.2, 0.25) is 0 Å². The average molecular weight is 288 g/mol. The normalized spacial score (nSPS) is 12.1. The van der Waals surface area contributed by atoms with Crippen molar-refractivity contribution in [2.24, 2.45) is 0 Å². The summed E-state index contributed by atoms with van der Waals surface area (Å²) in [4.78, 5) is 11.8. The number of carbonyl (C=O) groups excluding carboxylic acids is 1. The lowest BCUT2D eigenvalue weighted by Crippen LogP contribution is -2.35. The predicted molar refractivity (Wildman–Crippen MR) is 70.9 cm³/mol. The molecule has 0 bridgehead atoms. The monoisotopic (exact) mass is 288 g/mol. The summed E-state index contributed by atoms with van der Waals surface area (Å²) in [6.07, 6.45) is -0.324. The Morgan fingerprint density at radius 1 is 1.30 bits per heavy atom. The van der Waals surface area contributed by atoms with E-state index in [2.05, 4.69) is 10.6 Å². The standard InChI is InChI=1S/C13H18F2N2O3/c1-16-12-10(14)4-8(5-11(12)15)13(18)17-6-9(20-3)7-19-2/h4-5,9,16H,6-7H2,1-3H3,(H,17,18). The van der Waals surface area contributed by atoms with Gasteiger partial charge in [0, 0.05) is 33.4 Å². The summed E-state index contributed by atoms with van der Waals surface area (Å²) in [5.74, 6) is -2.22. The number of carbonyl (C=O) groups is 1. The summed E-state index contributed by atoms with van der Waals surface area (Å²) < 4.78 is 37.0. The van der Waals surface area contributed by atoms with Crippen LogP contribution in [-0.2, 0) is 9.47 Å². The molecule has 0 saturated heterocycles. The quantitative estimate of drug-likeness (QED) is 0.796. The van der Waals surface area contributed by atoms with Gasteiger partial charge in [0.15, 0.2) is 0 Å². The molecule has 0 aliphatic carbocycles. The van der Waals surface area contributed by atoms with E-state index in [1.54, 1.807) is 0 Å². The number of benzene rings is 1. The first kappa shape index (κ1) is 16.3. The van der Waals surface area contributed by atoms with Gasteiger partial charge in [-0.2, -0.15) is 0 Å². The number of methoxy groups -OCH3 is 2. The molecule has 1 unspecified atom stereocenters. The van der Waals surface area contributed by atoms with Gasteiger partial charge in [0.05, 0.1) is 12.7 Å². The van der Waals surface area contributed by atoms with Gasteiger partial charge in [0.25, 0.3) is 5.91 Å². The molecule has 0 aliphatic heterocycles. The topological polar surface area (TPSA) is 59.6 Å². The minimum Gasteiger partial charge on any atom is -0.383 e. The van der Waals surface area contributed by atoms with Crippen LogP contribution in [0.5, 0.6) is 0 Å². The van der Waals surface area contributed by atoms with Gasteiger partial charge >= 0.3 is 0 Å². The Morgan fingerprint density at radius 3 is 2.35 bits per heavy atom. The zero-order valence-corrected chi connectivity index (χ0v) is 11.6. The molecule has 1 amide bonds. The van der Waals surface area contributed by atoms with Crippen LogP contribution in [0.15, 0.2) is 12.1 Å². The first-order valence-electron chi connectivity index (χ1n) is 6.00. The molecule has 0 aromatic heterocycles. The fraction of sp³-hybridized carbons (Fsp3) is 0.462. The van der Waals surface area contributed by atoms with Crippen molar-refractivity contribution in [2.75, 3.05) is 39.7 Å². The van der Waals surface area contributed by atoms with E-state index < -0.39 is 17.5 Å². The first-order valence-corrected chi connectivity index (χ1v) is 6.00. The molecule has 0 spiro atoms. The Morgan fingerprint density at radius 2 is 1.90 bits per heavy atom. The molecule has 0 aliphatic rings. The minimum absolute atomic E-state index is 0.0914. The number of hydrogen-bond donors (Lipinski definition) is 2. The van der Waals surface area contributed by atoms with E-state index in [0.717, 1.165) is 12.1 Å². The number of anilines is 1. The second-order valence-electron chi connectivity index (χ2n) is 4.09. The van der Waals surface area contributed by atoms with Gasteiger partial charge in [-0.3, -0.25) is 4.79 Å². The third-order valence-electron chi connectivity index (χ3n) is 2.73. The van der Waals surface area contributed by atoms with Crippen LogP contribution in [0.4, 0.5) is 14.5 Å². The van der Waals surface area contributed by atoms with Gasteiger partial charge in [-0.15, -0.1) is 0 Å². The molecule has 1 atom stereocenters. The highest BCUT2D eigenvalue weighted by Crippen LogP contribution is 2.20. The number of nitrogens with one attached hydrogen (secondary N) is 2. The lowest BCUT2D eigenvalue weighted by molar-refractivity contribution is 0.0285. The number of ether oxygens (including phenoxy) is 2. The van der Waals surface area contributed by atoms with Crippen LogP contribution in [0.2, 0.25) is 0 Å². The third kappa shape index (κ3) is 4.14. The van der Waals surface area contributed by atoms with Crippen LogP contribution in [0.3, 0.4) is 0 Å². The van der Waals surface area contributed by atoms with Crippen molar-refractivity contribution in [1.29, 1.82) is 0 Å². The van der Waals surface area contributed by atoms with Crippen LogP contribution in [0, 0.1) is 11.6 Å². The molecule has 2 N–H and O–H groups in total. The van der Waals surface area contributed by atoms with E-state index in [9.17, 15) is 13.6 Å². The molecule has 112 valence electrons. The molecule has 1 aromatic carbocycles. The van der Waals surface area contributed by atoms with Crippen LogP contribution >= 0.6 is 0 Å². The Bertz CT molecular complexity index is 446. The maximum absolute atomic E-state index is 13.5. The summed E-state index contributed by atoms with van der Waals surface area (Å²) in [5.41, 5.74) is -0.359. The Hall–Kier alpha value is -1.73. The Labute approximate surface area is 116 Å². The molecule has 0 fully saturated rings. The highest BCUT2D eigenvalue weighted by molar-refractivity contribution is 5.94. The second-order valence-corrected chi connectivity index (χ2v) is 4.09. The van der Waals surface area contributed by atoms with Crippen molar-refractivity contribution in [1.82, 2.24) is 5.32 Å². The van der Waals surface area contributed by atoms with Gasteiger partial charge in [-0.25, -0.2) is 8.78 Å². The highest BCUT2D eigenvalue weighted by atomic mass is 19.1. The van der Waals surface area contributed by atoms with E-state index in [1.807, 2.05) is 0 Å². The molecule has 1 aromatic rings. The molecule has 0 radical (unpaired) electrons. The molecular weight excluding hydrogens is 270 g/mol. The van der Waals surface area contributed by atoms with Crippen LogP contribution < -0.4 is 10.6 Å². The van der Waals surface area contributed by atoms with Crippen LogP contribution in [0.25, 0.3) is 0 Å². The summed E-state index contributed by atoms with van der Waals surface area (Å²) in [6.45, 7) is 0.485. The average Bonchev–Trinajstić information content (AvgIpc) is 2.42. The fourth-order valence-electron chi connectivity index (χ4n) is 1.65. The number of halogens is 2. The van der Waals surface area contributed by atoms with Crippen molar-refractivity contribution in [3.05, 3.63) is 29.3 Å². The summed E-state index contributed by atoms with van der Waals surface area (Å²) >= 11 is 0. The van der Waals surface area contributed by atoms with E-state index in [-0.39, 0.29) is 23.9 Å². The molecule has 20 heavy (non-hydrogen) atoms. The molecule has 5 nitrogen and oxygen atoms in total. The van der Waals surface area contributed by atoms with Crippen molar-refractivity contribution >= 4 is 11.6 Å². The largest absolute Gasteiger partial charge is 0.383 e. The second kappa shape index (κ2) is 7.76. The summed E-state index contributed by atoms with van der Waals surface area (Å²) in [6, 6.07) is 1.95. The molecule has 0 saturated carbocycles. The van der Waals surface area contributed by atoms with E-state index >= 15 is 0 Å². The SMILES string of the molecule is CNc1c(F)cc(C(=O)NCC(COC)OC)cc1F. The third-order valence-corrected chi connectivity index (χ3v) is 2.73. The molecule has 0 heterocycles. The fourth-order valence-corrected chi connectivity index (χ4v) is 1.65. The van der Waals surface area contributed by atoms with Crippen LogP contribution in [0.1, 0.15) is 10.4 Å². The maximum atomic E-state index is 13.5. The van der Waals surface area contributed by atoms with E-state index in [0.29, 0.717) is 6.61 Å². The van der Waals surface area contributed by atoms with Crippen LogP contribution in [-0.4, -0.2) is 46.4 Å². The molecule has 7 heteroatoms. The first-order chi connectivity index (χ1) is 9.53. The van der Waals surface area contributed by atoms with Crippen molar-refractivity contribution in [2.45, 2.75) is 6.10 Å². The number of hydrogen-bond acceptors (Lipinski definition) is 4. The summed E-state index contributed by atoms with van der Waals surface area (Å²) in [5, 5.41) is 4.92. The van der Waals surface area contributed by atoms with Crippen molar-refractivity contribution in [3.63, 3.8) is 0 Å². The Balaban J connectivity index is 2.73. The minimum atomic E-state index is -0.821. The van der Waals surface area contributed by atoms with Gasteiger partial charge in [-0.1, -0.05) is 0 Å². The number of rotatable bonds is 7. The van der Waals surface area contributed by atoms with Crippen molar-refractivity contribution < 1.29 is 23.0 Å².